The molecule has 2 N–H and O–H groups in total. The molecule has 0 saturated heterocycles. The largest absolute Gasteiger partial charge is 0.493 e. The molecule has 1 atom stereocenters. The van der Waals surface area contributed by atoms with Crippen LogP contribution in [-0.2, 0) is 9.47 Å². The van der Waals surface area contributed by atoms with Crippen molar-refractivity contribution >= 4 is 5.90 Å². The van der Waals surface area contributed by atoms with E-state index < -0.39 is 0 Å². The van der Waals surface area contributed by atoms with Crippen LogP contribution in [0.1, 0.15) is 52.4 Å². The van der Waals surface area contributed by atoms with Crippen molar-refractivity contribution in [3.63, 3.8) is 0 Å². The first-order valence-corrected chi connectivity index (χ1v) is 9.40. The molecule has 144 valence electrons. The predicted octanol–water partition coefficient (Wildman–Crippen LogP) is 5.15. The van der Waals surface area contributed by atoms with Gasteiger partial charge in [0.15, 0.2) is 5.90 Å². The maximum absolute atomic E-state index is 12.6. The van der Waals surface area contributed by atoms with E-state index in [9.17, 15) is 4.39 Å². The zero-order chi connectivity index (χ0) is 18.8. The highest BCUT2D eigenvalue weighted by atomic mass is 19.1. The van der Waals surface area contributed by atoms with Crippen LogP contribution in [0.25, 0.3) is 0 Å². The molecule has 0 aromatic rings. The Kier molecular flexibility index (Phi) is 8.10. The Morgan fingerprint density at radius 3 is 3.04 bits per heavy atom. The summed E-state index contributed by atoms with van der Waals surface area (Å²) in [6.45, 7) is 4.97. The van der Waals surface area contributed by atoms with Crippen molar-refractivity contribution in [3.05, 3.63) is 48.4 Å². The smallest absolute Gasteiger partial charge is 0.196 e. The van der Waals surface area contributed by atoms with Gasteiger partial charge in [-0.3, -0.25) is 0 Å². The van der Waals surface area contributed by atoms with Crippen LogP contribution in [0.4, 0.5) is 4.39 Å². The van der Waals surface area contributed by atoms with Gasteiger partial charge in [-0.2, -0.15) is 0 Å². The average Bonchev–Trinajstić information content (AvgIpc) is 2.81. The van der Waals surface area contributed by atoms with E-state index in [0.29, 0.717) is 35.4 Å². The second-order valence-corrected chi connectivity index (χ2v) is 7.69. The maximum atomic E-state index is 12.6. The molecule has 1 heterocycles. The van der Waals surface area contributed by atoms with E-state index in [4.69, 9.17) is 15.2 Å². The fourth-order valence-corrected chi connectivity index (χ4v) is 3.18. The van der Waals surface area contributed by atoms with E-state index in [2.05, 4.69) is 18.8 Å². The zero-order valence-corrected chi connectivity index (χ0v) is 15.9. The van der Waals surface area contributed by atoms with Gasteiger partial charge in [-0.15, -0.1) is 0 Å². The molecular weight excluding hydrogens is 331 g/mol. The van der Waals surface area contributed by atoms with Gasteiger partial charge in [-0.1, -0.05) is 20.3 Å². The molecule has 26 heavy (non-hydrogen) atoms. The van der Waals surface area contributed by atoms with Gasteiger partial charge in [-0.05, 0) is 49.3 Å². The van der Waals surface area contributed by atoms with E-state index >= 15 is 0 Å². The highest BCUT2D eigenvalue weighted by molar-refractivity contribution is 5.80. The molecule has 1 unspecified atom stereocenters. The van der Waals surface area contributed by atoms with Crippen molar-refractivity contribution in [3.8, 4) is 0 Å². The number of nitrogens with zero attached hydrogens (tertiary/aromatic N) is 1. The third-order valence-electron chi connectivity index (χ3n) is 4.96. The third-order valence-corrected chi connectivity index (χ3v) is 4.96. The van der Waals surface area contributed by atoms with Crippen molar-refractivity contribution in [2.24, 2.45) is 22.1 Å². The monoisotopic (exact) mass is 362 g/mol. The number of halogens is 1. The van der Waals surface area contributed by atoms with Crippen LogP contribution in [-0.4, -0.2) is 19.0 Å². The van der Waals surface area contributed by atoms with Crippen molar-refractivity contribution in [2.45, 2.75) is 52.4 Å². The Labute approximate surface area is 156 Å². The van der Waals surface area contributed by atoms with E-state index in [1.54, 1.807) is 12.5 Å². The predicted molar refractivity (Wildman–Crippen MR) is 104 cm³/mol. The average molecular weight is 362 g/mol. The minimum atomic E-state index is 0.143. The third kappa shape index (κ3) is 6.79. The van der Waals surface area contributed by atoms with Crippen LogP contribution in [0.3, 0.4) is 0 Å². The first-order valence-electron chi connectivity index (χ1n) is 9.40. The normalized spacial score (nSPS) is 28.6. The standard InChI is InChI=1S/C21H31FN2O2/c1-21(2)10-3-6-18(9-11-21)20-24-12-4-7-19(8-5-13-25-20)26-16-17(14-22)15-23/h4-5,7,12-14,18H,3,6,8-11,15-16,23H2,1-2H3/b12-4+,13-5+,17-14+,19-7+,24-20?. The lowest BCUT2D eigenvalue weighted by Gasteiger charge is -2.22. The van der Waals surface area contributed by atoms with Crippen LogP contribution in [0, 0.1) is 11.3 Å². The van der Waals surface area contributed by atoms with Crippen LogP contribution < -0.4 is 5.73 Å². The quantitative estimate of drug-likeness (QED) is 0.688. The molecule has 0 amide bonds. The number of nitrogens with two attached hydrogens (primary N) is 1. The summed E-state index contributed by atoms with van der Waals surface area (Å²) in [5, 5.41) is 0. The highest BCUT2D eigenvalue weighted by Crippen LogP contribution is 2.36. The Bertz CT molecular complexity index is 603. The topological polar surface area (TPSA) is 56.8 Å². The molecule has 2 aliphatic rings. The minimum Gasteiger partial charge on any atom is -0.493 e. The van der Waals surface area contributed by atoms with E-state index in [1.807, 2.05) is 18.2 Å². The molecule has 0 aromatic heterocycles. The Morgan fingerprint density at radius 1 is 1.42 bits per heavy atom. The summed E-state index contributed by atoms with van der Waals surface area (Å²) in [5.74, 6) is 1.87. The summed E-state index contributed by atoms with van der Waals surface area (Å²) in [6, 6.07) is 0. The molecule has 0 aromatic carbocycles. The molecule has 1 saturated carbocycles. The summed E-state index contributed by atoms with van der Waals surface area (Å²) < 4.78 is 24.0. The summed E-state index contributed by atoms with van der Waals surface area (Å²) >= 11 is 0. The van der Waals surface area contributed by atoms with Gasteiger partial charge in [0, 0.05) is 30.7 Å². The van der Waals surface area contributed by atoms with Crippen molar-refractivity contribution < 1.29 is 13.9 Å². The van der Waals surface area contributed by atoms with Gasteiger partial charge in [0.2, 0.25) is 0 Å². The lowest BCUT2D eigenvalue weighted by atomic mass is 9.85. The Hall–Kier alpha value is -1.88. The molecule has 1 fully saturated rings. The maximum Gasteiger partial charge on any atom is 0.196 e. The summed E-state index contributed by atoms with van der Waals surface area (Å²) in [6.07, 6.45) is 15.9. The van der Waals surface area contributed by atoms with Crippen molar-refractivity contribution in [1.29, 1.82) is 0 Å². The molecule has 0 bridgehead atoms. The van der Waals surface area contributed by atoms with E-state index in [1.165, 1.54) is 19.3 Å². The molecule has 0 radical (unpaired) electrons. The summed E-state index contributed by atoms with van der Waals surface area (Å²) in [5.41, 5.74) is 6.27. The number of ether oxygens (including phenoxy) is 2. The summed E-state index contributed by atoms with van der Waals surface area (Å²) in [7, 11) is 0. The van der Waals surface area contributed by atoms with Gasteiger partial charge in [0.1, 0.15) is 12.4 Å². The van der Waals surface area contributed by atoms with E-state index in [0.717, 1.165) is 18.7 Å². The fourth-order valence-electron chi connectivity index (χ4n) is 3.18. The van der Waals surface area contributed by atoms with Crippen molar-refractivity contribution in [2.75, 3.05) is 13.2 Å². The zero-order valence-electron chi connectivity index (χ0n) is 15.9. The Balaban J connectivity index is 2.01. The second kappa shape index (κ2) is 10.3. The van der Waals surface area contributed by atoms with Crippen LogP contribution >= 0.6 is 0 Å². The molecular formula is C21H31FN2O2. The molecule has 1 aliphatic carbocycles. The number of allylic oxidation sites excluding steroid dienone is 3. The van der Waals surface area contributed by atoms with E-state index in [-0.39, 0.29) is 13.2 Å². The van der Waals surface area contributed by atoms with Crippen molar-refractivity contribution in [1.82, 2.24) is 0 Å². The molecule has 5 heteroatoms. The van der Waals surface area contributed by atoms with Gasteiger partial charge >= 0.3 is 0 Å². The molecule has 2 rings (SSSR count). The number of aliphatic imine (C=N–C) groups is 1. The van der Waals surface area contributed by atoms with Gasteiger partial charge < -0.3 is 15.2 Å². The highest BCUT2D eigenvalue weighted by Gasteiger charge is 2.27. The molecule has 0 spiro atoms. The van der Waals surface area contributed by atoms with Crippen LogP contribution in [0.15, 0.2) is 53.3 Å². The lowest BCUT2D eigenvalue weighted by Crippen LogP contribution is -2.16. The van der Waals surface area contributed by atoms with Gasteiger partial charge in [0.25, 0.3) is 0 Å². The number of hydrogen-bond acceptors (Lipinski definition) is 4. The van der Waals surface area contributed by atoms with Crippen LogP contribution in [0.5, 0.6) is 0 Å². The Morgan fingerprint density at radius 2 is 2.27 bits per heavy atom. The number of rotatable bonds is 5. The first-order chi connectivity index (χ1) is 12.5. The first kappa shape index (κ1) is 20.4. The summed E-state index contributed by atoms with van der Waals surface area (Å²) in [4.78, 5) is 4.53. The lowest BCUT2D eigenvalue weighted by molar-refractivity contribution is 0.231. The van der Waals surface area contributed by atoms with Gasteiger partial charge in [-0.25, -0.2) is 9.38 Å². The van der Waals surface area contributed by atoms with Crippen LogP contribution in [0.2, 0.25) is 0 Å². The molecule has 1 aliphatic heterocycles. The van der Waals surface area contributed by atoms with Gasteiger partial charge in [0.05, 0.1) is 12.6 Å². The SMILES string of the molecule is CC1(C)CCCC(C2=N/C=C/C=C(/OC/C(=C/F)CN)C/C=C/O2)CC1. The second-order valence-electron chi connectivity index (χ2n) is 7.69. The fraction of sp³-hybridized carbons (Fsp3) is 0.571. The minimum absolute atomic E-state index is 0.143. The molecule has 4 nitrogen and oxygen atoms in total. The number of hydrogen-bond donors (Lipinski definition) is 1.